The predicted octanol–water partition coefficient (Wildman–Crippen LogP) is 4.39. The molecule has 1 saturated carbocycles. The van der Waals surface area contributed by atoms with Crippen LogP contribution in [0.2, 0.25) is 5.02 Å². The molecule has 1 aromatic carbocycles. The van der Waals surface area contributed by atoms with Crippen molar-refractivity contribution < 1.29 is 0 Å². The number of hydrogen-bond acceptors (Lipinski definition) is 1. The molecule has 1 nitrogen and oxygen atoms in total. The SMILES string of the molecule is Cc1cc(Cl)ccc1NC1CCCCC1. The van der Waals surface area contributed by atoms with Gasteiger partial charge in [-0.25, -0.2) is 0 Å². The Morgan fingerprint density at radius 2 is 1.93 bits per heavy atom. The Morgan fingerprint density at radius 1 is 1.20 bits per heavy atom. The molecule has 1 fully saturated rings. The van der Waals surface area contributed by atoms with E-state index in [-0.39, 0.29) is 0 Å². The van der Waals surface area contributed by atoms with Crippen LogP contribution in [0.25, 0.3) is 0 Å². The first-order chi connectivity index (χ1) is 7.25. The van der Waals surface area contributed by atoms with Crippen LogP contribution >= 0.6 is 11.6 Å². The summed E-state index contributed by atoms with van der Waals surface area (Å²) >= 11 is 5.93. The van der Waals surface area contributed by atoms with E-state index in [1.165, 1.54) is 43.4 Å². The van der Waals surface area contributed by atoms with E-state index in [9.17, 15) is 0 Å². The second kappa shape index (κ2) is 4.89. The summed E-state index contributed by atoms with van der Waals surface area (Å²) in [4.78, 5) is 0. The molecule has 0 radical (unpaired) electrons. The number of aryl methyl sites for hydroxylation is 1. The van der Waals surface area contributed by atoms with Gasteiger partial charge >= 0.3 is 0 Å². The Balaban J connectivity index is 2.03. The molecule has 0 amide bonds. The summed E-state index contributed by atoms with van der Waals surface area (Å²) in [5.41, 5.74) is 2.49. The summed E-state index contributed by atoms with van der Waals surface area (Å²) < 4.78 is 0. The normalized spacial score (nSPS) is 17.7. The molecule has 1 aliphatic carbocycles. The Kier molecular flexibility index (Phi) is 3.53. The summed E-state index contributed by atoms with van der Waals surface area (Å²) in [6.07, 6.45) is 6.75. The first-order valence-electron chi connectivity index (χ1n) is 5.78. The van der Waals surface area contributed by atoms with Gasteiger partial charge in [0.15, 0.2) is 0 Å². The van der Waals surface area contributed by atoms with Crippen LogP contribution in [-0.2, 0) is 0 Å². The van der Waals surface area contributed by atoms with Crippen LogP contribution in [0.3, 0.4) is 0 Å². The fourth-order valence-corrected chi connectivity index (χ4v) is 2.48. The zero-order chi connectivity index (χ0) is 10.7. The highest BCUT2D eigenvalue weighted by Crippen LogP contribution is 2.25. The summed E-state index contributed by atoms with van der Waals surface area (Å²) in [6, 6.07) is 6.73. The van der Waals surface area contributed by atoms with Crippen molar-refractivity contribution in [2.24, 2.45) is 0 Å². The van der Waals surface area contributed by atoms with Gasteiger partial charge in [0.25, 0.3) is 0 Å². The zero-order valence-electron chi connectivity index (χ0n) is 9.22. The van der Waals surface area contributed by atoms with Crippen LogP contribution in [0.4, 0.5) is 5.69 Å². The highest BCUT2D eigenvalue weighted by Gasteiger charge is 2.13. The third kappa shape index (κ3) is 2.88. The van der Waals surface area contributed by atoms with Gasteiger partial charge < -0.3 is 5.32 Å². The van der Waals surface area contributed by atoms with E-state index in [1.54, 1.807) is 0 Å². The van der Waals surface area contributed by atoms with E-state index < -0.39 is 0 Å². The van der Waals surface area contributed by atoms with Crippen molar-refractivity contribution in [1.29, 1.82) is 0 Å². The minimum absolute atomic E-state index is 0.665. The van der Waals surface area contributed by atoms with E-state index in [1.807, 2.05) is 12.1 Å². The maximum atomic E-state index is 5.93. The van der Waals surface area contributed by atoms with Crippen molar-refractivity contribution in [2.45, 2.75) is 45.1 Å². The van der Waals surface area contributed by atoms with Crippen LogP contribution in [0.1, 0.15) is 37.7 Å². The van der Waals surface area contributed by atoms with Gasteiger partial charge in [-0.2, -0.15) is 0 Å². The van der Waals surface area contributed by atoms with Crippen molar-refractivity contribution in [3.63, 3.8) is 0 Å². The lowest BCUT2D eigenvalue weighted by atomic mass is 9.95. The average Bonchev–Trinajstić information content (AvgIpc) is 2.24. The highest BCUT2D eigenvalue weighted by molar-refractivity contribution is 6.30. The smallest absolute Gasteiger partial charge is 0.0410 e. The van der Waals surface area contributed by atoms with Crippen molar-refractivity contribution in [3.8, 4) is 0 Å². The number of nitrogens with one attached hydrogen (secondary N) is 1. The van der Waals surface area contributed by atoms with E-state index in [4.69, 9.17) is 11.6 Å². The molecule has 15 heavy (non-hydrogen) atoms. The molecule has 0 aromatic heterocycles. The first-order valence-corrected chi connectivity index (χ1v) is 6.16. The number of hydrogen-bond donors (Lipinski definition) is 1. The minimum atomic E-state index is 0.665. The molecule has 2 rings (SSSR count). The van der Waals surface area contributed by atoms with Crippen LogP contribution in [0.5, 0.6) is 0 Å². The standard InChI is InChI=1S/C13H18ClN/c1-10-9-11(14)7-8-13(10)15-12-5-3-2-4-6-12/h7-9,12,15H,2-6H2,1H3. The molecule has 82 valence electrons. The van der Waals surface area contributed by atoms with Crippen molar-refractivity contribution in [2.75, 3.05) is 5.32 Å². The van der Waals surface area contributed by atoms with Crippen molar-refractivity contribution in [1.82, 2.24) is 0 Å². The zero-order valence-corrected chi connectivity index (χ0v) is 9.98. The summed E-state index contributed by atoms with van der Waals surface area (Å²) in [5, 5.41) is 4.44. The lowest BCUT2D eigenvalue weighted by molar-refractivity contribution is 0.462. The molecule has 0 heterocycles. The number of halogens is 1. The van der Waals surface area contributed by atoms with Gasteiger partial charge in [0.1, 0.15) is 0 Å². The van der Waals surface area contributed by atoms with E-state index in [0.717, 1.165) is 5.02 Å². The van der Waals surface area contributed by atoms with Crippen LogP contribution < -0.4 is 5.32 Å². The first kappa shape index (κ1) is 10.8. The number of benzene rings is 1. The Labute approximate surface area is 96.8 Å². The maximum absolute atomic E-state index is 5.93. The van der Waals surface area contributed by atoms with Gasteiger partial charge in [-0.15, -0.1) is 0 Å². The molecular formula is C13H18ClN. The molecular weight excluding hydrogens is 206 g/mol. The third-order valence-electron chi connectivity index (χ3n) is 3.15. The highest BCUT2D eigenvalue weighted by atomic mass is 35.5. The Hall–Kier alpha value is -0.690. The van der Waals surface area contributed by atoms with Gasteiger partial charge in [-0.05, 0) is 43.5 Å². The van der Waals surface area contributed by atoms with Crippen LogP contribution in [0.15, 0.2) is 18.2 Å². The Bertz CT molecular complexity index is 329. The van der Waals surface area contributed by atoms with Gasteiger partial charge in [0.05, 0.1) is 0 Å². The van der Waals surface area contributed by atoms with Crippen LogP contribution in [0, 0.1) is 6.92 Å². The van der Waals surface area contributed by atoms with E-state index in [0.29, 0.717) is 6.04 Å². The molecule has 0 bridgehead atoms. The largest absolute Gasteiger partial charge is 0.382 e. The van der Waals surface area contributed by atoms with E-state index >= 15 is 0 Å². The molecule has 0 saturated heterocycles. The molecule has 1 N–H and O–H groups in total. The van der Waals surface area contributed by atoms with Crippen molar-refractivity contribution in [3.05, 3.63) is 28.8 Å². The summed E-state index contributed by atoms with van der Waals surface area (Å²) in [7, 11) is 0. The van der Waals surface area contributed by atoms with Crippen molar-refractivity contribution >= 4 is 17.3 Å². The summed E-state index contributed by atoms with van der Waals surface area (Å²) in [5.74, 6) is 0. The Morgan fingerprint density at radius 3 is 2.60 bits per heavy atom. The number of rotatable bonds is 2. The predicted molar refractivity (Wildman–Crippen MR) is 66.7 cm³/mol. The molecule has 0 spiro atoms. The lowest BCUT2D eigenvalue weighted by Crippen LogP contribution is -2.22. The quantitative estimate of drug-likeness (QED) is 0.784. The molecule has 0 aliphatic heterocycles. The monoisotopic (exact) mass is 223 g/mol. The van der Waals surface area contributed by atoms with Gasteiger partial charge in [0.2, 0.25) is 0 Å². The lowest BCUT2D eigenvalue weighted by Gasteiger charge is -2.24. The average molecular weight is 224 g/mol. The maximum Gasteiger partial charge on any atom is 0.0410 e. The van der Waals surface area contributed by atoms with E-state index in [2.05, 4.69) is 18.3 Å². The fourth-order valence-electron chi connectivity index (χ4n) is 2.26. The van der Waals surface area contributed by atoms with Gasteiger partial charge in [-0.1, -0.05) is 30.9 Å². The topological polar surface area (TPSA) is 12.0 Å². The molecule has 1 aliphatic rings. The van der Waals surface area contributed by atoms with Gasteiger partial charge in [0, 0.05) is 16.8 Å². The second-order valence-electron chi connectivity index (χ2n) is 4.44. The fraction of sp³-hybridized carbons (Fsp3) is 0.538. The number of anilines is 1. The molecule has 0 atom stereocenters. The molecule has 0 unspecified atom stereocenters. The third-order valence-corrected chi connectivity index (χ3v) is 3.39. The van der Waals surface area contributed by atoms with Gasteiger partial charge in [-0.3, -0.25) is 0 Å². The molecule has 2 heteroatoms. The second-order valence-corrected chi connectivity index (χ2v) is 4.87. The van der Waals surface area contributed by atoms with Crippen LogP contribution in [-0.4, -0.2) is 6.04 Å². The minimum Gasteiger partial charge on any atom is -0.382 e. The summed E-state index contributed by atoms with van der Waals surface area (Å²) in [6.45, 7) is 2.11. The molecule has 1 aromatic rings.